The summed E-state index contributed by atoms with van der Waals surface area (Å²) in [4.78, 5) is 19.4. The highest BCUT2D eigenvalue weighted by Crippen LogP contribution is 2.27. The van der Waals surface area contributed by atoms with Gasteiger partial charge in [0.15, 0.2) is 0 Å². The van der Waals surface area contributed by atoms with Crippen molar-refractivity contribution >= 4 is 17.4 Å². The van der Waals surface area contributed by atoms with Crippen LogP contribution < -0.4 is 11.1 Å². The summed E-state index contributed by atoms with van der Waals surface area (Å²) in [5.41, 5.74) is 7.55. The molecule has 2 aromatic heterocycles. The molecular formula is C15H18N4O2. The minimum absolute atomic E-state index is 0.206. The highest BCUT2D eigenvalue weighted by atomic mass is 16.3. The van der Waals surface area contributed by atoms with E-state index in [2.05, 4.69) is 15.3 Å². The number of hydrogen-bond donors (Lipinski definition) is 3. The molecule has 2 aromatic rings. The summed E-state index contributed by atoms with van der Waals surface area (Å²) in [7, 11) is 0. The molecule has 0 atom stereocenters. The van der Waals surface area contributed by atoms with Crippen molar-refractivity contribution in [1.82, 2.24) is 9.97 Å². The Kier molecular flexibility index (Phi) is 3.90. The van der Waals surface area contributed by atoms with E-state index in [4.69, 9.17) is 5.73 Å². The minimum atomic E-state index is -0.940. The second-order valence-corrected chi connectivity index (χ2v) is 5.33. The first kappa shape index (κ1) is 14.9. The molecule has 0 bridgehead atoms. The molecule has 0 aliphatic rings. The molecule has 21 heavy (non-hydrogen) atoms. The van der Waals surface area contributed by atoms with Crippen LogP contribution >= 0.6 is 0 Å². The van der Waals surface area contributed by atoms with Gasteiger partial charge in [-0.25, -0.2) is 4.98 Å². The number of pyridine rings is 2. The van der Waals surface area contributed by atoms with E-state index in [0.717, 1.165) is 0 Å². The van der Waals surface area contributed by atoms with Gasteiger partial charge in [-0.2, -0.15) is 0 Å². The second kappa shape index (κ2) is 5.49. The molecule has 0 saturated heterocycles. The van der Waals surface area contributed by atoms with Crippen LogP contribution in [0.25, 0.3) is 11.3 Å². The van der Waals surface area contributed by atoms with Crippen LogP contribution in [0.2, 0.25) is 0 Å². The van der Waals surface area contributed by atoms with Crippen molar-refractivity contribution in [3.63, 3.8) is 0 Å². The largest absolute Gasteiger partial charge is 0.398 e. The molecule has 0 aromatic carbocycles. The van der Waals surface area contributed by atoms with Crippen LogP contribution in [0, 0.1) is 0 Å². The van der Waals surface area contributed by atoms with Gasteiger partial charge in [-0.3, -0.25) is 9.78 Å². The zero-order valence-corrected chi connectivity index (χ0v) is 12.2. The van der Waals surface area contributed by atoms with E-state index in [0.29, 0.717) is 28.3 Å². The average molecular weight is 286 g/mol. The maximum absolute atomic E-state index is 11.0. The number of nitrogens with zero attached hydrogens (tertiary/aromatic N) is 2. The molecule has 1 amide bonds. The molecule has 0 radical (unpaired) electrons. The topological polar surface area (TPSA) is 101 Å². The van der Waals surface area contributed by atoms with Crippen LogP contribution in [0.15, 0.2) is 30.6 Å². The van der Waals surface area contributed by atoms with E-state index < -0.39 is 5.60 Å². The highest BCUT2D eigenvalue weighted by molar-refractivity contribution is 5.89. The number of aromatic nitrogens is 2. The number of rotatable bonds is 3. The number of amides is 1. The zero-order valence-electron chi connectivity index (χ0n) is 12.2. The van der Waals surface area contributed by atoms with E-state index >= 15 is 0 Å². The second-order valence-electron chi connectivity index (χ2n) is 5.33. The first-order chi connectivity index (χ1) is 9.77. The van der Waals surface area contributed by atoms with Gasteiger partial charge >= 0.3 is 0 Å². The van der Waals surface area contributed by atoms with Gasteiger partial charge in [-0.15, -0.1) is 0 Å². The van der Waals surface area contributed by atoms with E-state index in [9.17, 15) is 9.90 Å². The van der Waals surface area contributed by atoms with Crippen LogP contribution in [0.1, 0.15) is 26.3 Å². The van der Waals surface area contributed by atoms with Gasteiger partial charge in [-0.05, 0) is 19.9 Å². The quantitative estimate of drug-likeness (QED) is 0.800. The Morgan fingerprint density at radius 1 is 1.29 bits per heavy atom. The smallest absolute Gasteiger partial charge is 0.222 e. The molecular weight excluding hydrogens is 268 g/mol. The van der Waals surface area contributed by atoms with Crippen LogP contribution in [-0.2, 0) is 10.4 Å². The molecule has 0 saturated carbocycles. The Labute approximate surface area is 123 Å². The van der Waals surface area contributed by atoms with E-state index in [1.807, 2.05) is 0 Å². The molecule has 0 spiro atoms. The lowest BCUT2D eigenvalue weighted by molar-refractivity contribution is -0.114. The van der Waals surface area contributed by atoms with Crippen molar-refractivity contribution in [2.24, 2.45) is 0 Å². The monoisotopic (exact) mass is 286 g/mol. The SMILES string of the molecule is CC(=O)Nc1cc(N)c(-c2ccc(C(C)(C)O)cn2)cn1. The Bertz CT molecular complexity index is 660. The van der Waals surface area contributed by atoms with Crippen molar-refractivity contribution in [3.05, 3.63) is 36.2 Å². The molecule has 0 fully saturated rings. The van der Waals surface area contributed by atoms with Gasteiger partial charge in [0.1, 0.15) is 5.82 Å². The van der Waals surface area contributed by atoms with Crippen LogP contribution in [-0.4, -0.2) is 21.0 Å². The summed E-state index contributed by atoms with van der Waals surface area (Å²) in [6, 6.07) is 5.16. The standard InChI is InChI=1S/C15H18N4O2/c1-9(20)19-14-6-12(16)11(8-18-14)13-5-4-10(7-17-13)15(2,3)21/h4-8,21H,1-3H3,(H3,16,18,19,20). The van der Waals surface area contributed by atoms with Gasteiger partial charge in [0.05, 0.1) is 11.3 Å². The molecule has 6 heteroatoms. The lowest BCUT2D eigenvalue weighted by atomic mass is 10.00. The fraction of sp³-hybridized carbons (Fsp3) is 0.267. The van der Waals surface area contributed by atoms with Gasteiger partial charge in [-0.1, -0.05) is 6.07 Å². The molecule has 2 heterocycles. The number of nitrogens with one attached hydrogen (secondary N) is 1. The van der Waals surface area contributed by atoms with Gasteiger partial charge in [0, 0.05) is 42.2 Å². The molecule has 2 rings (SSSR count). The van der Waals surface area contributed by atoms with Crippen LogP contribution in [0.4, 0.5) is 11.5 Å². The molecule has 0 aliphatic carbocycles. The minimum Gasteiger partial charge on any atom is -0.398 e. The Hall–Kier alpha value is -2.47. The van der Waals surface area contributed by atoms with Crippen molar-refractivity contribution in [2.75, 3.05) is 11.1 Å². The molecule has 110 valence electrons. The summed E-state index contributed by atoms with van der Waals surface area (Å²) in [6.45, 7) is 4.80. The predicted molar refractivity (Wildman–Crippen MR) is 81.4 cm³/mol. The third-order valence-corrected chi connectivity index (χ3v) is 2.99. The van der Waals surface area contributed by atoms with Crippen molar-refractivity contribution in [3.8, 4) is 11.3 Å². The maximum atomic E-state index is 11.0. The summed E-state index contributed by atoms with van der Waals surface area (Å²) in [5, 5.41) is 12.5. The predicted octanol–water partition coefficient (Wildman–Crippen LogP) is 1.91. The maximum Gasteiger partial charge on any atom is 0.222 e. The molecule has 6 nitrogen and oxygen atoms in total. The number of aliphatic hydroxyl groups is 1. The Balaban J connectivity index is 2.32. The van der Waals surface area contributed by atoms with Crippen molar-refractivity contribution in [1.29, 1.82) is 0 Å². The Morgan fingerprint density at radius 2 is 2.00 bits per heavy atom. The van der Waals surface area contributed by atoms with Crippen molar-refractivity contribution in [2.45, 2.75) is 26.4 Å². The molecule has 0 unspecified atom stereocenters. The Morgan fingerprint density at radius 3 is 2.48 bits per heavy atom. The van der Waals surface area contributed by atoms with Crippen LogP contribution in [0.3, 0.4) is 0 Å². The third-order valence-electron chi connectivity index (χ3n) is 2.99. The number of carbonyl (C=O) groups is 1. The van der Waals surface area contributed by atoms with E-state index in [1.54, 1.807) is 44.4 Å². The highest BCUT2D eigenvalue weighted by Gasteiger charge is 2.16. The van der Waals surface area contributed by atoms with Gasteiger partial charge < -0.3 is 16.2 Å². The van der Waals surface area contributed by atoms with Gasteiger partial charge in [0.2, 0.25) is 5.91 Å². The van der Waals surface area contributed by atoms with E-state index in [1.165, 1.54) is 6.92 Å². The zero-order chi connectivity index (χ0) is 15.6. The first-order valence-corrected chi connectivity index (χ1v) is 6.50. The summed E-state index contributed by atoms with van der Waals surface area (Å²) < 4.78 is 0. The number of carbonyl (C=O) groups excluding carboxylic acids is 1. The van der Waals surface area contributed by atoms with Crippen molar-refractivity contribution < 1.29 is 9.90 Å². The van der Waals surface area contributed by atoms with Gasteiger partial charge in [0.25, 0.3) is 0 Å². The average Bonchev–Trinajstić information content (AvgIpc) is 2.37. The normalized spacial score (nSPS) is 11.2. The summed E-state index contributed by atoms with van der Waals surface area (Å²) >= 11 is 0. The molecule has 0 aliphatic heterocycles. The lowest BCUT2D eigenvalue weighted by Crippen LogP contribution is -2.15. The molecule has 4 N–H and O–H groups in total. The van der Waals surface area contributed by atoms with Crippen LogP contribution in [0.5, 0.6) is 0 Å². The lowest BCUT2D eigenvalue weighted by Gasteiger charge is -2.17. The summed E-state index contributed by atoms with van der Waals surface area (Å²) in [6.07, 6.45) is 3.17. The summed E-state index contributed by atoms with van der Waals surface area (Å²) in [5.74, 6) is 0.194. The van der Waals surface area contributed by atoms with E-state index in [-0.39, 0.29) is 5.91 Å². The fourth-order valence-corrected chi connectivity index (χ4v) is 1.85. The third kappa shape index (κ3) is 3.55. The number of hydrogen-bond acceptors (Lipinski definition) is 5. The fourth-order valence-electron chi connectivity index (χ4n) is 1.85. The number of nitrogen functional groups attached to an aromatic ring is 1. The first-order valence-electron chi connectivity index (χ1n) is 6.50. The number of nitrogens with two attached hydrogens (primary N) is 1. The number of anilines is 2.